The second kappa shape index (κ2) is 7.17. The Morgan fingerprint density at radius 1 is 1.89 bits per heavy atom. The molecule has 0 atom stereocenters. The first-order valence-electron chi connectivity index (χ1n) is 2.82. The molecule has 0 unspecified atom stereocenters. The molecule has 0 amide bonds. The number of hydrogen-bond donors (Lipinski definition) is 1. The molecule has 0 bridgehead atoms. The third kappa shape index (κ3) is 7.17. The molecule has 2 N–H and O–H groups in total. The molecular weight excluding hydrogens is 116 g/mol. The van der Waals surface area contributed by atoms with Crippen LogP contribution in [0.25, 0.3) is 0 Å². The SMILES string of the molecule is C1=NCCO1.C=CCN. The van der Waals surface area contributed by atoms with E-state index in [-0.39, 0.29) is 0 Å². The Hall–Kier alpha value is -0.830. The van der Waals surface area contributed by atoms with Crippen LogP contribution in [-0.2, 0) is 4.74 Å². The van der Waals surface area contributed by atoms with E-state index in [1.54, 1.807) is 6.08 Å². The van der Waals surface area contributed by atoms with Crippen molar-refractivity contribution in [3.63, 3.8) is 0 Å². The Labute approximate surface area is 55.2 Å². The number of hydrogen-bond acceptors (Lipinski definition) is 3. The van der Waals surface area contributed by atoms with E-state index in [0.717, 1.165) is 13.2 Å². The van der Waals surface area contributed by atoms with Crippen LogP contribution in [-0.4, -0.2) is 26.1 Å². The topological polar surface area (TPSA) is 47.6 Å². The van der Waals surface area contributed by atoms with E-state index in [2.05, 4.69) is 16.3 Å². The first kappa shape index (κ1) is 8.17. The summed E-state index contributed by atoms with van der Waals surface area (Å²) in [6, 6.07) is 0. The summed E-state index contributed by atoms with van der Waals surface area (Å²) in [5, 5.41) is 0. The zero-order valence-corrected chi connectivity index (χ0v) is 5.42. The maximum Gasteiger partial charge on any atom is 0.169 e. The lowest BCUT2D eigenvalue weighted by molar-refractivity contribution is 0.361. The Kier molecular flexibility index (Phi) is 6.51. The van der Waals surface area contributed by atoms with Crippen molar-refractivity contribution in [2.75, 3.05) is 19.7 Å². The highest BCUT2D eigenvalue weighted by Gasteiger charge is 1.84. The molecule has 0 aliphatic carbocycles. The van der Waals surface area contributed by atoms with Crippen LogP contribution < -0.4 is 5.73 Å². The quantitative estimate of drug-likeness (QED) is 0.512. The monoisotopic (exact) mass is 128 g/mol. The predicted octanol–water partition coefficient (Wildman–Crippen LogP) is 0.176. The van der Waals surface area contributed by atoms with Gasteiger partial charge in [0.1, 0.15) is 6.61 Å². The van der Waals surface area contributed by atoms with E-state index in [4.69, 9.17) is 5.73 Å². The molecule has 0 aromatic heterocycles. The summed E-state index contributed by atoms with van der Waals surface area (Å²) in [7, 11) is 0. The van der Waals surface area contributed by atoms with E-state index in [1.165, 1.54) is 6.40 Å². The third-order valence-electron chi connectivity index (χ3n) is 0.654. The molecule has 0 fully saturated rings. The first-order valence-corrected chi connectivity index (χ1v) is 2.82. The molecule has 0 aromatic carbocycles. The Morgan fingerprint density at radius 2 is 2.56 bits per heavy atom. The normalized spacial score (nSPS) is 13.4. The molecule has 0 radical (unpaired) electrons. The van der Waals surface area contributed by atoms with Crippen molar-refractivity contribution >= 4 is 6.40 Å². The van der Waals surface area contributed by atoms with Crippen molar-refractivity contribution in [1.82, 2.24) is 0 Å². The molecule has 9 heavy (non-hydrogen) atoms. The number of ether oxygens (including phenoxy) is 1. The molecule has 0 saturated heterocycles. The fourth-order valence-electron chi connectivity index (χ4n) is 0.264. The zero-order chi connectivity index (χ0) is 6.95. The van der Waals surface area contributed by atoms with Gasteiger partial charge < -0.3 is 10.5 Å². The summed E-state index contributed by atoms with van der Waals surface area (Å²) in [6.45, 7) is 5.56. The molecule has 52 valence electrons. The van der Waals surface area contributed by atoms with E-state index in [0.29, 0.717) is 6.54 Å². The van der Waals surface area contributed by atoms with Crippen LogP contribution in [0.1, 0.15) is 0 Å². The van der Waals surface area contributed by atoms with Crippen LogP contribution in [0.2, 0.25) is 0 Å². The number of aliphatic imine (C=N–C) groups is 1. The molecule has 1 rings (SSSR count). The molecule has 1 aliphatic rings. The van der Waals surface area contributed by atoms with Gasteiger partial charge in [-0.2, -0.15) is 0 Å². The highest BCUT2D eigenvalue weighted by molar-refractivity contribution is 5.47. The summed E-state index contributed by atoms with van der Waals surface area (Å²) in [5.41, 5.74) is 4.91. The summed E-state index contributed by atoms with van der Waals surface area (Å²) in [4.78, 5) is 3.74. The molecule has 0 aromatic rings. The van der Waals surface area contributed by atoms with Gasteiger partial charge in [-0.15, -0.1) is 6.58 Å². The standard InChI is InChI=1S/C3H5NO.C3H7N/c1-2-5-3-4-1;1-2-3-4/h3H,1-2H2;2H,1,3-4H2. The summed E-state index contributed by atoms with van der Waals surface area (Å²) in [6.07, 6.45) is 3.14. The van der Waals surface area contributed by atoms with Crippen LogP contribution in [0.3, 0.4) is 0 Å². The van der Waals surface area contributed by atoms with E-state index in [1.807, 2.05) is 0 Å². The van der Waals surface area contributed by atoms with Gasteiger partial charge in [0, 0.05) is 6.54 Å². The Balaban J connectivity index is 0.000000148. The van der Waals surface area contributed by atoms with Crippen molar-refractivity contribution in [3.05, 3.63) is 12.7 Å². The molecule has 1 aliphatic heterocycles. The van der Waals surface area contributed by atoms with Crippen LogP contribution >= 0.6 is 0 Å². The zero-order valence-electron chi connectivity index (χ0n) is 5.42. The minimum atomic E-state index is 0.583. The number of nitrogens with two attached hydrogens (primary N) is 1. The maximum atomic E-state index is 4.91. The van der Waals surface area contributed by atoms with Crippen LogP contribution in [0, 0.1) is 0 Å². The maximum absolute atomic E-state index is 4.91. The van der Waals surface area contributed by atoms with Crippen molar-refractivity contribution in [3.8, 4) is 0 Å². The van der Waals surface area contributed by atoms with Crippen LogP contribution in [0.15, 0.2) is 17.6 Å². The van der Waals surface area contributed by atoms with Crippen molar-refractivity contribution in [2.45, 2.75) is 0 Å². The fourth-order valence-corrected chi connectivity index (χ4v) is 0.264. The van der Waals surface area contributed by atoms with Crippen molar-refractivity contribution in [1.29, 1.82) is 0 Å². The average Bonchev–Trinajstić information content (AvgIpc) is 2.43. The predicted molar refractivity (Wildman–Crippen MR) is 38.6 cm³/mol. The van der Waals surface area contributed by atoms with Gasteiger partial charge in [0.25, 0.3) is 0 Å². The minimum absolute atomic E-state index is 0.583. The first-order chi connectivity index (χ1) is 4.41. The van der Waals surface area contributed by atoms with Crippen LogP contribution in [0.5, 0.6) is 0 Å². The third-order valence-corrected chi connectivity index (χ3v) is 0.654. The van der Waals surface area contributed by atoms with Gasteiger partial charge in [0.15, 0.2) is 6.40 Å². The molecule has 0 spiro atoms. The lowest BCUT2D eigenvalue weighted by Gasteiger charge is -1.76. The smallest absolute Gasteiger partial charge is 0.169 e. The molecule has 1 heterocycles. The lowest BCUT2D eigenvalue weighted by Crippen LogP contribution is -1.90. The van der Waals surface area contributed by atoms with Gasteiger partial charge in [-0.25, -0.2) is 0 Å². The van der Waals surface area contributed by atoms with Gasteiger partial charge in [-0.3, -0.25) is 4.99 Å². The summed E-state index contributed by atoms with van der Waals surface area (Å²) >= 11 is 0. The van der Waals surface area contributed by atoms with E-state index in [9.17, 15) is 0 Å². The van der Waals surface area contributed by atoms with Crippen molar-refractivity contribution < 1.29 is 4.74 Å². The molecular formula is C6H12N2O. The van der Waals surface area contributed by atoms with E-state index < -0.39 is 0 Å². The van der Waals surface area contributed by atoms with E-state index >= 15 is 0 Å². The summed E-state index contributed by atoms with van der Waals surface area (Å²) < 4.78 is 4.65. The number of nitrogens with zero attached hydrogens (tertiary/aromatic N) is 1. The highest BCUT2D eigenvalue weighted by Crippen LogP contribution is 1.78. The Bertz CT molecular complexity index is 85.1. The van der Waals surface area contributed by atoms with Gasteiger partial charge in [-0.05, 0) is 0 Å². The second-order valence-electron chi connectivity index (χ2n) is 1.41. The largest absolute Gasteiger partial charge is 0.482 e. The molecule has 3 nitrogen and oxygen atoms in total. The highest BCUT2D eigenvalue weighted by atomic mass is 16.5. The fraction of sp³-hybridized carbons (Fsp3) is 0.500. The van der Waals surface area contributed by atoms with Gasteiger partial charge in [0.2, 0.25) is 0 Å². The van der Waals surface area contributed by atoms with Crippen LogP contribution in [0.4, 0.5) is 0 Å². The van der Waals surface area contributed by atoms with Gasteiger partial charge in [-0.1, -0.05) is 6.08 Å². The van der Waals surface area contributed by atoms with Crippen molar-refractivity contribution in [2.24, 2.45) is 10.7 Å². The molecule has 3 heteroatoms. The minimum Gasteiger partial charge on any atom is -0.482 e. The Morgan fingerprint density at radius 3 is 2.67 bits per heavy atom. The average molecular weight is 128 g/mol. The van der Waals surface area contributed by atoms with Gasteiger partial charge in [0.05, 0.1) is 6.54 Å². The molecule has 0 saturated carbocycles. The second-order valence-corrected chi connectivity index (χ2v) is 1.41. The lowest BCUT2D eigenvalue weighted by atomic mass is 10.7. The summed E-state index contributed by atoms with van der Waals surface area (Å²) in [5.74, 6) is 0. The number of rotatable bonds is 1. The van der Waals surface area contributed by atoms with Gasteiger partial charge >= 0.3 is 0 Å².